The van der Waals surface area contributed by atoms with Crippen molar-refractivity contribution in [2.45, 2.75) is 38.8 Å². The van der Waals surface area contributed by atoms with Crippen LogP contribution in [0.15, 0.2) is 30.3 Å². The Hall–Kier alpha value is -0.860. The zero-order chi connectivity index (χ0) is 13.0. The summed E-state index contributed by atoms with van der Waals surface area (Å²) in [6.07, 6.45) is 2.40. The quantitative estimate of drug-likeness (QED) is 0.878. The molecular formula is C16H26N2. The second kappa shape index (κ2) is 6.35. The van der Waals surface area contributed by atoms with Gasteiger partial charge in [-0.15, -0.1) is 0 Å². The average molecular weight is 246 g/mol. The molecule has 1 aromatic rings. The maximum atomic E-state index is 3.74. The van der Waals surface area contributed by atoms with Gasteiger partial charge in [-0.25, -0.2) is 0 Å². The van der Waals surface area contributed by atoms with Crippen molar-refractivity contribution in [1.29, 1.82) is 0 Å². The van der Waals surface area contributed by atoms with Gasteiger partial charge in [0.25, 0.3) is 0 Å². The van der Waals surface area contributed by atoms with Crippen LogP contribution in [0.2, 0.25) is 0 Å². The smallest absolute Gasteiger partial charge is 0.0120 e. The van der Waals surface area contributed by atoms with Crippen LogP contribution in [0.25, 0.3) is 0 Å². The van der Waals surface area contributed by atoms with Crippen molar-refractivity contribution in [1.82, 2.24) is 10.2 Å². The Morgan fingerprint density at radius 3 is 2.67 bits per heavy atom. The molecule has 0 unspecified atom stereocenters. The van der Waals surface area contributed by atoms with E-state index in [1.807, 2.05) is 0 Å². The first-order chi connectivity index (χ1) is 8.66. The van der Waals surface area contributed by atoms with Gasteiger partial charge in [-0.05, 0) is 44.8 Å². The van der Waals surface area contributed by atoms with Gasteiger partial charge in [0.1, 0.15) is 0 Å². The number of benzene rings is 1. The van der Waals surface area contributed by atoms with E-state index in [2.05, 4.69) is 61.4 Å². The van der Waals surface area contributed by atoms with Crippen LogP contribution in [0.4, 0.5) is 0 Å². The molecule has 1 aliphatic heterocycles. The lowest BCUT2D eigenvalue weighted by molar-refractivity contribution is 0.122. The Morgan fingerprint density at radius 2 is 1.94 bits per heavy atom. The van der Waals surface area contributed by atoms with E-state index in [0.717, 1.165) is 18.9 Å². The van der Waals surface area contributed by atoms with Crippen LogP contribution in [-0.2, 0) is 6.42 Å². The standard InChI is InChI=1S/C16H26N2/c1-13-12-18(3)14(2)11-16(13)17-10-9-15-7-5-4-6-8-15/h4-8,13-14,16-17H,9-12H2,1-3H3/t13-,14+,16+/m1/s1. The highest BCUT2D eigenvalue weighted by molar-refractivity contribution is 5.14. The summed E-state index contributed by atoms with van der Waals surface area (Å²) in [4.78, 5) is 2.47. The molecule has 1 aliphatic rings. The van der Waals surface area contributed by atoms with E-state index in [1.54, 1.807) is 0 Å². The third kappa shape index (κ3) is 3.56. The molecule has 0 aliphatic carbocycles. The van der Waals surface area contributed by atoms with Gasteiger partial charge in [0.15, 0.2) is 0 Å². The molecule has 0 saturated carbocycles. The van der Waals surface area contributed by atoms with Crippen LogP contribution < -0.4 is 5.32 Å². The van der Waals surface area contributed by atoms with Crippen molar-refractivity contribution in [3.63, 3.8) is 0 Å². The highest BCUT2D eigenvalue weighted by Crippen LogP contribution is 2.20. The molecule has 0 aromatic heterocycles. The molecular weight excluding hydrogens is 220 g/mol. The number of hydrogen-bond acceptors (Lipinski definition) is 2. The van der Waals surface area contributed by atoms with Crippen molar-refractivity contribution in [2.75, 3.05) is 20.1 Å². The largest absolute Gasteiger partial charge is 0.313 e. The third-order valence-corrected chi connectivity index (χ3v) is 4.27. The summed E-state index contributed by atoms with van der Waals surface area (Å²) in [5.74, 6) is 0.752. The monoisotopic (exact) mass is 246 g/mol. The van der Waals surface area contributed by atoms with Gasteiger partial charge in [0.05, 0.1) is 0 Å². The molecule has 2 rings (SSSR count). The van der Waals surface area contributed by atoms with Gasteiger partial charge >= 0.3 is 0 Å². The minimum absolute atomic E-state index is 0.680. The fourth-order valence-electron chi connectivity index (χ4n) is 2.87. The van der Waals surface area contributed by atoms with E-state index in [4.69, 9.17) is 0 Å². The van der Waals surface area contributed by atoms with E-state index < -0.39 is 0 Å². The predicted octanol–water partition coefficient (Wildman–Crippen LogP) is 2.55. The molecule has 0 radical (unpaired) electrons. The zero-order valence-electron chi connectivity index (χ0n) is 11.9. The first-order valence-electron chi connectivity index (χ1n) is 7.14. The molecule has 1 fully saturated rings. The summed E-state index contributed by atoms with van der Waals surface area (Å²) in [6, 6.07) is 12.1. The Balaban J connectivity index is 1.76. The molecule has 1 N–H and O–H groups in total. The maximum Gasteiger partial charge on any atom is 0.0120 e. The van der Waals surface area contributed by atoms with Gasteiger partial charge in [-0.1, -0.05) is 37.3 Å². The van der Waals surface area contributed by atoms with Crippen LogP contribution in [0.3, 0.4) is 0 Å². The normalized spacial score (nSPS) is 29.4. The number of rotatable bonds is 4. The fourth-order valence-corrected chi connectivity index (χ4v) is 2.87. The summed E-state index contributed by atoms with van der Waals surface area (Å²) in [5, 5.41) is 3.74. The van der Waals surface area contributed by atoms with Gasteiger partial charge < -0.3 is 10.2 Å². The number of hydrogen-bond donors (Lipinski definition) is 1. The van der Waals surface area contributed by atoms with E-state index in [0.29, 0.717) is 12.1 Å². The molecule has 2 nitrogen and oxygen atoms in total. The first kappa shape index (κ1) is 13.6. The molecule has 100 valence electrons. The van der Waals surface area contributed by atoms with Gasteiger partial charge in [-0.3, -0.25) is 0 Å². The van der Waals surface area contributed by atoms with Crippen LogP contribution in [-0.4, -0.2) is 37.1 Å². The van der Waals surface area contributed by atoms with Crippen LogP contribution in [0.1, 0.15) is 25.8 Å². The second-order valence-corrected chi connectivity index (χ2v) is 5.80. The van der Waals surface area contributed by atoms with Crippen LogP contribution >= 0.6 is 0 Å². The van der Waals surface area contributed by atoms with Crippen LogP contribution in [0.5, 0.6) is 0 Å². The Kier molecular flexibility index (Phi) is 4.79. The molecule has 0 amide bonds. The highest BCUT2D eigenvalue weighted by atomic mass is 15.2. The zero-order valence-corrected chi connectivity index (χ0v) is 11.9. The predicted molar refractivity (Wildman–Crippen MR) is 77.8 cm³/mol. The lowest BCUT2D eigenvalue weighted by Gasteiger charge is -2.40. The lowest BCUT2D eigenvalue weighted by atomic mass is 9.90. The molecule has 2 heteroatoms. The van der Waals surface area contributed by atoms with Crippen molar-refractivity contribution >= 4 is 0 Å². The molecule has 0 bridgehead atoms. The Bertz CT molecular complexity index is 349. The molecule has 1 heterocycles. The summed E-state index contributed by atoms with van der Waals surface area (Å²) in [5.41, 5.74) is 1.43. The topological polar surface area (TPSA) is 15.3 Å². The fraction of sp³-hybridized carbons (Fsp3) is 0.625. The van der Waals surface area contributed by atoms with E-state index in [9.17, 15) is 0 Å². The number of likely N-dealkylation sites (tertiary alicyclic amines) is 1. The van der Waals surface area contributed by atoms with E-state index in [-0.39, 0.29) is 0 Å². The second-order valence-electron chi connectivity index (χ2n) is 5.80. The molecule has 18 heavy (non-hydrogen) atoms. The Morgan fingerprint density at radius 1 is 1.22 bits per heavy atom. The first-order valence-corrected chi connectivity index (χ1v) is 7.14. The van der Waals surface area contributed by atoms with Gasteiger partial charge in [0.2, 0.25) is 0 Å². The molecule has 1 aromatic carbocycles. The Labute approximate surface area is 111 Å². The summed E-state index contributed by atoms with van der Waals surface area (Å²) >= 11 is 0. The van der Waals surface area contributed by atoms with Crippen molar-refractivity contribution in [3.8, 4) is 0 Å². The summed E-state index contributed by atoms with van der Waals surface area (Å²) in [6.45, 7) is 7.00. The summed E-state index contributed by atoms with van der Waals surface area (Å²) < 4.78 is 0. The molecule has 1 saturated heterocycles. The highest BCUT2D eigenvalue weighted by Gasteiger charge is 2.28. The van der Waals surface area contributed by atoms with Gasteiger partial charge in [-0.2, -0.15) is 0 Å². The number of nitrogens with one attached hydrogen (secondary N) is 1. The third-order valence-electron chi connectivity index (χ3n) is 4.27. The van der Waals surface area contributed by atoms with Crippen LogP contribution in [0, 0.1) is 5.92 Å². The van der Waals surface area contributed by atoms with Crippen molar-refractivity contribution < 1.29 is 0 Å². The van der Waals surface area contributed by atoms with E-state index >= 15 is 0 Å². The van der Waals surface area contributed by atoms with Crippen molar-refractivity contribution in [2.24, 2.45) is 5.92 Å². The van der Waals surface area contributed by atoms with E-state index in [1.165, 1.54) is 18.5 Å². The average Bonchev–Trinajstić information content (AvgIpc) is 2.37. The summed E-state index contributed by atoms with van der Waals surface area (Å²) in [7, 11) is 2.24. The van der Waals surface area contributed by atoms with Gasteiger partial charge in [0, 0.05) is 18.6 Å². The number of piperidine rings is 1. The van der Waals surface area contributed by atoms with Crippen molar-refractivity contribution in [3.05, 3.63) is 35.9 Å². The SMILES string of the molecule is C[C@@H]1CN(C)[C@@H](C)C[C@@H]1NCCc1ccccc1. The minimum Gasteiger partial charge on any atom is -0.313 e. The number of nitrogens with zero attached hydrogens (tertiary/aromatic N) is 1. The molecule has 0 spiro atoms. The maximum absolute atomic E-state index is 3.74. The minimum atomic E-state index is 0.680. The molecule has 3 atom stereocenters. The lowest BCUT2D eigenvalue weighted by Crippen LogP contribution is -2.51.